The zero-order valence-electron chi connectivity index (χ0n) is 15.5. The molecule has 29 heavy (non-hydrogen) atoms. The lowest BCUT2D eigenvalue weighted by molar-refractivity contribution is -0.137. The number of halogens is 3. The van der Waals surface area contributed by atoms with Crippen molar-refractivity contribution in [3.63, 3.8) is 0 Å². The van der Waals surface area contributed by atoms with Crippen LogP contribution in [0.5, 0.6) is 0 Å². The van der Waals surface area contributed by atoms with Gasteiger partial charge in [-0.2, -0.15) is 13.2 Å². The molecule has 0 saturated heterocycles. The fraction of sp³-hybridized carbons (Fsp3) is 0.368. The van der Waals surface area contributed by atoms with Crippen LogP contribution in [-0.2, 0) is 26.0 Å². The number of alkyl halides is 3. The summed E-state index contributed by atoms with van der Waals surface area (Å²) >= 11 is 0. The molecule has 1 fully saturated rings. The van der Waals surface area contributed by atoms with Crippen LogP contribution >= 0.6 is 0 Å². The van der Waals surface area contributed by atoms with Crippen molar-refractivity contribution in [3.8, 4) is 0 Å². The summed E-state index contributed by atoms with van der Waals surface area (Å²) in [5, 5.41) is -0.590. The Morgan fingerprint density at radius 2 is 1.59 bits per heavy atom. The molecule has 1 aliphatic rings. The average Bonchev–Trinajstić information content (AvgIpc) is 2.59. The number of sulfonamides is 1. The van der Waals surface area contributed by atoms with E-state index in [-0.39, 0.29) is 17.4 Å². The van der Waals surface area contributed by atoms with E-state index in [2.05, 4.69) is 4.72 Å². The standard InChI is InChI=1S/C19H20F3NO4S2/c1-13-4-2-6-16(8-13)28(24,25)18-9-14(10-18)12-23-29(26,27)17-7-3-5-15(11-17)19(20,21)22/h2-8,11,14,18,23H,9-10,12H2,1H3/t14-,18-. The first-order valence-corrected chi connectivity index (χ1v) is 11.9. The van der Waals surface area contributed by atoms with Gasteiger partial charge in [-0.05, 0) is 61.6 Å². The van der Waals surface area contributed by atoms with E-state index in [9.17, 15) is 30.0 Å². The van der Waals surface area contributed by atoms with Gasteiger partial charge in [-0.15, -0.1) is 0 Å². The minimum absolute atomic E-state index is 0.0293. The van der Waals surface area contributed by atoms with Crippen molar-refractivity contribution in [3.05, 3.63) is 59.7 Å². The zero-order chi connectivity index (χ0) is 21.4. The number of sulfone groups is 1. The summed E-state index contributed by atoms with van der Waals surface area (Å²) in [6.07, 6.45) is -4.06. The van der Waals surface area contributed by atoms with Crippen molar-refractivity contribution in [1.82, 2.24) is 4.72 Å². The van der Waals surface area contributed by atoms with E-state index >= 15 is 0 Å². The Kier molecular flexibility index (Phi) is 5.81. The molecular formula is C19H20F3NO4S2. The second-order valence-corrected chi connectivity index (χ2v) is 11.2. The molecule has 0 heterocycles. The average molecular weight is 448 g/mol. The van der Waals surface area contributed by atoms with E-state index in [1.807, 2.05) is 0 Å². The number of aryl methyl sites for hydroxylation is 1. The van der Waals surface area contributed by atoms with Gasteiger partial charge in [0.2, 0.25) is 10.0 Å². The fourth-order valence-electron chi connectivity index (χ4n) is 3.23. The van der Waals surface area contributed by atoms with Crippen LogP contribution < -0.4 is 4.72 Å². The first kappa shape index (κ1) is 21.8. The van der Waals surface area contributed by atoms with Crippen LogP contribution in [0.3, 0.4) is 0 Å². The lowest BCUT2D eigenvalue weighted by atomic mass is 9.85. The molecule has 3 rings (SSSR count). The molecule has 1 aliphatic carbocycles. The summed E-state index contributed by atoms with van der Waals surface area (Å²) in [4.78, 5) is -0.235. The van der Waals surface area contributed by atoms with E-state index in [1.54, 1.807) is 25.1 Å². The third-order valence-corrected chi connectivity index (χ3v) is 8.58. The zero-order valence-corrected chi connectivity index (χ0v) is 17.1. The lowest BCUT2D eigenvalue weighted by Gasteiger charge is -2.34. The van der Waals surface area contributed by atoms with Crippen molar-refractivity contribution >= 4 is 19.9 Å². The van der Waals surface area contributed by atoms with Gasteiger partial charge < -0.3 is 0 Å². The van der Waals surface area contributed by atoms with Crippen molar-refractivity contribution in [2.24, 2.45) is 5.92 Å². The Labute approximate surface area is 167 Å². The van der Waals surface area contributed by atoms with E-state index in [0.717, 1.165) is 23.8 Å². The third kappa shape index (κ3) is 4.81. The Morgan fingerprint density at radius 1 is 0.966 bits per heavy atom. The van der Waals surface area contributed by atoms with Gasteiger partial charge in [0, 0.05) is 6.54 Å². The van der Waals surface area contributed by atoms with E-state index < -0.39 is 41.7 Å². The molecule has 1 N–H and O–H groups in total. The predicted molar refractivity (Wildman–Crippen MR) is 102 cm³/mol. The van der Waals surface area contributed by atoms with Gasteiger partial charge in [0.15, 0.2) is 9.84 Å². The lowest BCUT2D eigenvalue weighted by Crippen LogP contribution is -2.42. The van der Waals surface area contributed by atoms with Gasteiger partial charge in [-0.1, -0.05) is 18.2 Å². The van der Waals surface area contributed by atoms with E-state index in [1.165, 1.54) is 6.07 Å². The van der Waals surface area contributed by atoms with Crippen LogP contribution in [0.1, 0.15) is 24.0 Å². The molecule has 0 aromatic heterocycles. The molecule has 0 bridgehead atoms. The topological polar surface area (TPSA) is 80.3 Å². The highest BCUT2D eigenvalue weighted by Gasteiger charge is 2.40. The molecular weight excluding hydrogens is 427 g/mol. The van der Waals surface area contributed by atoms with Crippen LogP contribution in [0, 0.1) is 12.8 Å². The number of hydrogen-bond acceptors (Lipinski definition) is 4. The molecule has 0 radical (unpaired) electrons. The number of nitrogens with one attached hydrogen (secondary N) is 1. The summed E-state index contributed by atoms with van der Waals surface area (Å²) < 4.78 is 90.5. The Bertz CT molecular complexity index is 1110. The quantitative estimate of drug-likeness (QED) is 0.735. The predicted octanol–water partition coefficient (Wildman–Crippen LogP) is 3.54. The minimum Gasteiger partial charge on any atom is -0.223 e. The molecule has 0 unspecified atom stereocenters. The van der Waals surface area contributed by atoms with Crippen LogP contribution in [0.25, 0.3) is 0 Å². The molecule has 0 atom stereocenters. The highest BCUT2D eigenvalue weighted by Crippen LogP contribution is 2.36. The van der Waals surface area contributed by atoms with E-state index in [0.29, 0.717) is 18.9 Å². The third-order valence-electron chi connectivity index (χ3n) is 4.98. The Balaban J connectivity index is 1.61. The molecule has 1 saturated carbocycles. The van der Waals surface area contributed by atoms with Crippen LogP contribution in [0.4, 0.5) is 13.2 Å². The van der Waals surface area contributed by atoms with Gasteiger partial charge in [0.25, 0.3) is 0 Å². The van der Waals surface area contributed by atoms with Crippen LogP contribution in [-0.4, -0.2) is 28.6 Å². The summed E-state index contributed by atoms with van der Waals surface area (Å²) in [6.45, 7) is 1.77. The first-order valence-electron chi connectivity index (χ1n) is 8.87. The maximum atomic E-state index is 12.8. The monoisotopic (exact) mass is 447 g/mol. The Hall–Kier alpha value is -1.91. The van der Waals surface area contributed by atoms with Crippen molar-refractivity contribution < 1.29 is 30.0 Å². The highest BCUT2D eigenvalue weighted by molar-refractivity contribution is 7.92. The van der Waals surface area contributed by atoms with Gasteiger partial charge in [-0.25, -0.2) is 21.6 Å². The smallest absolute Gasteiger partial charge is 0.223 e. The largest absolute Gasteiger partial charge is 0.416 e. The molecule has 2 aromatic rings. The molecule has 158 valence electrons. The van der Waals surface area contributed by atoms with Crippen LogP contribution in [0.2, 0.25) is 0 Å². The SMILES string of the molecule is Cc1cccc(S(=O)(=O)[C@H]2C[C@H](CNS(=O)(=O)c3cccc(C(F)(F)F)c3)C2)c1. The molecule has 0 amide bonds. The molecule has 0 spiro atoms. The molecule has 2 aromatic carbocycles. The molecule has 10 heteroatoms. The number of hydrogen-bond donors (Lipinski definition) is 1. The van der Waals surface area contributed by atoms with Crippen molar-refractivity contribution in [1.29, 1.82) is 0 Å². The highest BCUT2D eigenvalue weighted by atomic mass is 32.2. The maximum Gasteiger partial charge on any atom is 0.416 e. The van der Waals surface area contributed by atoms with Gasteiger partial charge in [0.1, 0.15) is 0 Å². The van der Waals surface area contributed by atoms with Gasteiger partial charge >= 0.3 is 6.18 Å². The number of rotatable bonds is 6. The maximum absolute atomic E-state index is 12.8. The Morgan fingerprint density at radius 3 is 2.21 bits per heavy atom. The van der Waals surface area contributed by atoms with Gasteiger partial charge in [-0.3, -0.25) is 0 Å². The molecule has 0 aliphatic heterocycles. The summed E-state index contributed by atoms with van der Waals surface area (Å²) in [5.74, 6) is -0.194. The van der Waals surface area contributed by atoms with E-state index in [4.69, 9.17) is 0 Å². The van der Waals surface area contributed by atoms with Gasteiger partial charge in [0.05, 0.1) is 20.6 Å². The number of benzene rings is 2. The summed E-state index contributed by atoms with van der Waals surface area (Å²) in [5.41, 5.74) is -0.218. The van der Waals surface area contributed by atoms with Crippen molar-refractivity contribution in [2.75, 3.05) is 6.54 Å². The minimum atomic E-state index is -4.64. The first-order chi connectivity index (χ1) is 13.4. The summed E-state index contributed by atoms with van der Waals surface area (Å²) in [6, 6.07) is 10.1. The second kappa shape index (κ2) is 7.73. The molecule has 5 nitrogen and oxygen atoms in total. The summed E-state index contributed by atoms with van der Waals surface area (Å²) in [7, 11) is -7.61. The fourth-order valence-corrected chi connectivity index (χ4v) is 6.45. The van der Waals surface area contributed by atoms with Crippen molar-refractivity contribution in [2.45, 2.75) is 41.0 Å². The van der Waals surface area contributed by atoms with Crippen LogP contribution in [0.15, 0.2) is 58.3 Å². The normalized spacial score (nSPS) is 20.3. The second-order valence-electron chi connectivity index (χ2n) is 7.20.